The third kappa shape index (κ3) is 2.75. The smallest absolute Gasteiger partial charge is 0.169 e. The lowest BCUT2D eigenvalue weighted by Gasteiger charge is -2.04. The largest absolute Gasteiger partial charge is 0.347 e. The van der Waals surface area contributed by atoms with E-state index in [1.165, 1.54) is 0 Å². The molecular weight excluding hydrogens is 362 g/mol. The molecule has 2 aromatic rings. The van der Waals surface area contributed by atoms with E-state index in [4.69, 9.17) is 6.85 Å². The van der Waals surface area contributed by atoms with Crippen LogP contribution in [-0.4, -0.2) is 15.7 Å². The van der Waals surface area contributed by atoms with Gasteiger partial charge >= 0.3 is 0 Å². The number of rotatable bonds is 7. The second kappa shape index (κ2) is 6.33. The molecule has 1 aliphatic rings. The Morgan fingerprint density at radius 2 is 1.83 bits per heavy atom. The van der Waals surface area contributed by atoms with E-state index < -0.39 is 0 Å². The lowest BCUT2D eigenvalue weighted by atomic mass is 10.0. The fraction of sp³-hybridized carbons (Fsp3) is 0.571. The topological polar surface area (TPSA) is 22.0 Å². The molecule has 2 nitrogen and oxygen atoms in total. The Bertz CT molecular complexity index is 981. The number of hydrogen-bond donors (Lipinski definition) is 0. The van der Waals surface area contributed by atoms with E-state index in [0.29, 0.717) is 6.54 Å². The highest BCUT2D eigenvalue weighted by Gasteiger charge is 2.68. The molecule has 24 heavy (non-hydrogen) atoms. The Balaban J connectivity index is 2.22. The molecule has 3 heteroatoms. The number of Topliss-reactive ketones (excluding diaryl/α,β-unsaturated/α-hetero) is 1. The number of benzene rings is 1. The fourth-order valence-electron chi connectivity index (χ4n) is 3.82. The molecule has 130 valence electrons. The number of carbonyl (C=O) groups is 1. The molecule has 1 heterocycles. The molecule has 0 unspecified atom stereocenters. The highest BCUT2D eigenvalue weighted by Crippen LogP contribution is 2.69. The maximum Gasteiger partial charge on any atom is 0.169 e. The van der Waals surface area contributed by atoms with Crippen molar-refractivity contribution in [2.24, 2.45) is 16.7 Å². The minimum atomic E-state index is -0.359. The van der Waals surface area contributed by atoms with Gasteiger partial charge in [0.15, 0.2) is 5.78 Å². The van der Waals surface area contributed by atoms with Crippen molar-refractivity contribution < 1.29 is 11.6 Å². The van der Waals surface area contributed by atoms with Gasteiger partial charge in [-0.3, -0.25) is 4.79 Å². The number of nitrogens with zero attached hydrogens (tertiary/aromatic N) is 1. The van der Waals surface area contributed by atoms with Crippen molar-refractivity contribution >= 4 is 32.6 Å². The Kier molecular flexibility index (Phi) is 3.24. The van der Waals surface area contributed by atoms with Gasteiger partial charge < -0.3 is 4.57 Å². The van der Waals surface area contributed by atoms with Crippen molar-refractivity contribution in [3.8, 4) is 0 Å². The zero-order valence-corrected chi connectivity index (χ0v) is 16.4. The molecule has 1 saturated carbocycles. The van der Waals surface area contributed by atoms with Crippen LogP contribution >= 0.6 is 15.9 Å². The second-order valence-corrected chi connectivity index (χ2v) is 8.65. The molecular formula is C21H28BrNO. The lowest BCUT2D eigenvalue weighted by Crippen LogP contribution is -2.07. The number of aryl methyl sites for hydroxylation is 1. The molecule has 3 rings (SSSR count). The molecule has 1 aliphatic carbocycles. The summed E-state index contributed by atoms with van der Waals surface area (Å²) in [6.45, 7) is 8.60. The average Bonchev–Trinajstić information content (AvgIpc) is 2.91. The van der Waals surface area contributed by atoms with E-state index in [0.717, 1.165) is 24.6 Å². The van der Waals surface area contributed by atoms with Crippen LogP contribution in [0, 0.1) is 16.7 Å². The van der Waals surface area contributed by atoms with E-state index in [1.54, 1.807) is 4.57 Å². The SMILES string of the molecule is [2H]c1c([2H])c([2H])c2c(c1[2H])c(C(=O)C1C(C)(C)C1(C)C)c([2H])n2CCCCCBr. The average molecular weight is 395 g/mol. The molecule has 1 fully saturated rings. The summed E-state index contributed by atoms with van der Waals surface area (Å²) in [5, 5.41) is 1.09. The number of fused-ring (bicyclic) bond motifs is 1. The van der Waals surface area contributed by atoms with Crippen molar-refractivity contribution in [1.82, 2.24) is 4.57 Å². The van der Waals surface area contributed by atoms with Crippen LogP contribution in [0.5, 0.6) is 0 Å². The summed E-state index contributed by atoms with van der Waals surface area (Å²) in [6, 6.07) is -1.09. The number of unbranched alkanes of at least 4 members (excludes halogenated alkanes) is 2. The fourth-order valence-corrected chi connectivity index (χ4v) is 4.22. The minimum Gasteiger partial charge on any atom is -0.347 e. The van der Waals surface area contributed by atoms with Gasteiger partial charge in [0.1, 0.15) is 0 Å². The molecule has 1 aromatic heterocycles. The van der Waals surface area contributed by atoms with Crippen LogP contribution in [0.25, 0.3) is 10.9 Å². The Labute approximate surface area is 160 Å². The maximum atomic E-state index is 13.5. The first-order valence-electron chi connectivity index (χ1n) is 11.1. The summed E-state index contributed by atoms with van der Waals surface area (Å²) in [4.78, 5) is 13.5. The number of alkyl halides is 1. The maximum absolute atomic E-state index is 13.5. The summed E-state index contributed by atoms with van der Waals surface area (Å²) in [5.41, 5.74) is -0.00613. The van der Waals surface area contributed by atoms with E-state index in [2.05, 4.69) is 15.9 Å². The summed E-state index contributed by atoms with van der Waals surface area (Å²) >= 11 is 3.41. The van der Waals surface area contributed by atoms with Crippen LogP contribution < -0.4 is 0 Å². The van der Waals surface area contributed by atoms with Gasteiger partial charge in [0.25, 0.3) is 0 Å². The van der Waals surface area contributed by atoms with Gasteiger partial charge in [-0.1, -0.05) is 68.2 Å². The van der Waals surface area contributed by atoms with Crippen LogP contribution in [-0.2, 0) is 6.54 Å². The molecule has 0 N–H and O–H groups in total. The van der Waals surface area contributed by atoms with Crippen LogP contribution in [0.15, 0.2) is 30.3 Å². The lowest BCUT2D eigenvalue weighted by molar-refractivity contribution is 0.0946. The van der Waals surface area contributed by atoms with E-state index >= 15 is 0 Å². The van der Waals surface area contributed by atoms with Crippen molar-refractivity contribution in [3.05, 3.63) is 35.9 Å². The van der Waals surface area contributed by atoms with Crippen LogP contribution in [0.1, 0.15) is 64.2 Å². The molecule has 0 amide bonds. The zero-order valence-electron chi connectivity index (χ0n) is 19.8. The van der Waals surface area contributed by atoms with Gasteiger partial charge in [-0.05, 0) is 29.7 Å². The first-order chi connectivity index (χ1) is 13.4. The normalized spacial score (nSPS) is 21.8. The summed E-state index contributed by atoms with van der Waals surface area (Å²) in [6.07, 6.45) is 2.70. The molecule has 0 spiro atoms. The molecule has 0 atom stereocenters. The summed E-state index contributed by atoms with van der Waals surface area (Å²) in [7, 11) is 0. The van der Waals surface area contributed by atoms with Crippen LogP contribution in [0.2, 0.25) is 0 Å². The Hall–Kier alpha value is -1.09. The third-order valence-corrected chi connectivity index (χ3v) is 6.54. The number of halogens is 1. The van der Waals surface area contributed by atoms with Gasteiger partial charge in [-0.2, -0.15) is 0 Å². The number of ketones is 1. The van der Waals surface area contributed by atoms with Crippen molar-refractivity contribution in [2.75, 3.05) is 5.33 Å². The molecule has 0 saturated heterocycles. The van der Waals surface area contributed by atoms with Crippen LogP contribution in [0.3, 0.4) is 0 Å². The number of hydrogen-bond acceptors (Lipinski definition) is 1. The van der Waals surface area contributed by atoms with Gasteiger partial charge in [0.05, 0.1) is 6.85 Å². The Morgan fingerprint density at radius 3 is 2.46 bits per heavy atom. The predicted octanol–water partition coefficient (Wildman–Crippen LogP) is 6.07. The molecule has 0 radical (unpaired) electrons. The predicted molar refractivity (Wildman–Crippen MR) is 105 cm³/mol. The zero-order chi connectivity index (χ0) is 21.9. The van der Waals surface area contributed by atoms with Crippen molar-refractivity contribution in [3.63, 3.8) is 0 Å². The second-order valence-electron chi connectivity index (χ2n) is 7.85. The van der Waals surface area contributed by atoms with Gasteiger partial charge in [0, 0.05) is 40.4 Å². The Morgan fingerprint density at radius 1 is 1.17 bits per heavy atom. The monoisotopic (exact) mass is 394 g/mol. The quantitative estimate of drug-likeness (QED) is 0.317. The van der Waals surface area contributed by atoms with Gasteiger partial charge in [0.2, 0.25) is 0 Å². The van der Waals surface area contributed by atoms with Crippen molar-refractivity contribution in [2.45, 2.75) is 53.5 Å². The van der Waals surface area contributed by atoms with E-state index in [1.807, 2.05) is 27.7 Å². The summed E-state index contributed by atoms with van der Waals surface area (Å²) in [5.74, 6) is -0.454. The molecule has 0 bridgehead atoms. The number of carbonyl (C=O) groups excluding carboxylic acids is 1. The minimum absolute atomic E-state index is 0.00865. The van der Waals surface area contributed by atoms with Crippen molar-refractivity contribution in [1.29, 1.82) is 0 Å². The summed E-state index contributed by atoms with van der Waals surface area (Å²) < 4.78 is 43.3. The van der Waals surface area contributed by atoms with Crippen LogP contribution in [0.4, 0.5) is 0 Å². The van der Waals surface area contributed by atoms with E-state index in [-0.39, 0.29) is 69.3 Å². The number of aromatic nitrogens is 1. The molecule has 0 aliphatic heterocycles. The van der Waals surface area contributed by atoms with Gasteiger partial charge in [-0.15, -0.1) is 0 Å². The number of para-hydroxylation sites is 1. The highest BCUT2D eigenvalue weighted by molar-refractivity contribution is 9.09. The standard InChI is InChI=1S/C21H28BrNO/c1-20(2)19(21(20,3)4)18(24)16-14-23(13-9-5-8-12-22)17-11-7-6-10-15(16)17/h6-7,10-11,14,19H,5,8-9,12-13H2,1-4H3/i6D,7D,10D,11D,14D. The van der Waals surface area contributed by atoms with Gasteiger partial charge in [-0.25, -0.2) is 0 Å². The molecule has 1 aromatic carbocycles. The third-order valence-electron chi connectivity index (χ3n) is 5.98. The first kappa shape index (κ1) is 12.3. The highest BCUT2D eigenvalue weighted by atomic mass is 79.9. The van der Waals surface area contributed by atoms with E-state index in [9.17, 15) is 4.79 Å². The first-order valence-corrected chi connectivity index (χ1v) is 9.72.